The number of nitrogens with zero attached hydrogens (tertiary/aromatic N) is 2. The van der Waals surface area contributed by atoms with Crippen LogP contribution in [0.3, 0.4) is 0 Å². The summed E-state index contributed by atoms with van der Waals surface area (Å²) in [7, 11) is 0. The van der Waals surface area contributed by atoms with Gasteiger partial charge in [-0.25, -0.2) is 9.68 Å². The number of rotatable bonds is 8. The van der Waals surface area contributed by atoms with Crippen molar-refractivity contribution >= 4 is 0 Å². The normalized spacial score (nSPS) is 16.1. The molecule has 0 radical (unpaired) electrons. The summed E-state index contributed by atoms with van der Waals surface area (Å²) in [4.78, 5) is 9.15. The average molecular weight is 240 g/mol. The molecule has 0 saturated heterocycles. The third kappa shape index (κ3) is 7.91. The summed E-state index contributed by atoms with van der Waals surface area (Å²) in [6.07, 6.45) is -0.220. The van der Waals surface area contributed by atoms with Gasteiger partial charge in [0.1, 0.15) is 12.2 Å². The van der Waals surface area contributed by atoms with Crippen molar-refractivity contribution < 1.29 is 30.5 Å². The fraction of sp³-hybridized carbons (Fsp3) is 1.00. The van der Waals surface area contributed by atoms with E-state index in [9.17, 15) is 0 Å². The first-order valence-electron chi connectivity index (χ1n) is 5.02. The van der Waals surface area contributed by atoms with E-state index >= 15 is 0 Å². The Bertz CT molecular complexity index is 178. The van der Waals surface area contributed by atoms with Crippen LogP contribution in [0.2, 0.25) is 0 Å². The largest absolute Gasteiger partial charge is 0.266 e. The monoisotopic (exact) mass is 240 g/mol. The minimum Gasteiger partial charge on any atom is -0.266 e. The van der Waals surface area contributed by atoms with E-state index in [0.29, 0.717) is 12.3 Å². The molecule has 0 aliphatic rings. The van der Waals surface area contributed by atoms with Gasteiger partial charge in [0, 0.05) is 0 Å². The van der Waals surface area contributed by atoms with Gasteiger partial charge in [-0.05, 0) is 25.7 Å². The smallest absolute Gasteiger partial charge is 0.112 e. The molecule has 0 aromatic carbocycles. The van der Waals surface area contributed by atoms with Crippen LogP contribution in [0, 0.1) is 5.92 Å². The van der Waals surface area contributed by atoms with Gasteiger partial charge in [-0.1, -0.05) is 13.8 Å². The minimum absolute atomic E-state index is 0.406. The Morgan fingerprint density at radius 3 is 1.75 bits per heavy atom. The molecule has 0 aliphatic carbocycles. The standard InChI is InChI=1S/C8H20N2O6/c1-6(2)4-5-8(16-10(13)14)7(3)15-9(11)12/h6-8,11-14H,4-5H2,1-3H3/t7-,8-/m1/s1. The molecule has 0 bridgehead atoms. The van der Waals surface area contributed by atoms with Crippen LogP contribution in [0.1, 0.15) is 33.6 Å². The Morgan fingerprint density at radius 2 is 1.38 bits per heavy atom. The summed E-state index contributed by atoms with van der Waals surface area (Å²) < 4.78 is 0. The third-order valence-corrected chi connectivity index (χ3v) is 2.04. The molecule has 0 saturated carbocycles. The summed E-state index contributed by atoms with van der Waals surface area (Å²) in [5.41, 5.74) is 0. The quantitative estimate of drug-likeness (QED) is 0.469. The molecule has 0 spiro atoms. The Labute approximate surface area is 93.9 Å². The van der Waals surface area contributed by atoms with E-state index in [1.807, 2.05) is 13.8 Å². The first kappa shape index (κ1) is 15.7. The van der Waals surface area contributed by atoms with Gasteiger partial charge < -0.3 is 0 Å². The highest BCUT2D eigenvalue weighted by molar-refractivity contribution is 4.65. The molecule has 4 N–H and O–H groups in total. The Balaban J connectivity index is 4.17. The maximum Gasteiger partial charge on any atom is 0.112 e. The lowest BCUT2D eigenvalue weighted by Crippen LogP contribution is -2.37. The molecule has 8 heteroatoms. The van der Waals surface area contributed by atoms with Crippen molar-refractivity contribution in [2.75, 3.05) is 0 Å². The van der Waals surface area contributed by atoms with Gasteiger partial charge in [-0.15, -0.1) is 0 Å². The molecule has 8 nitrogen and oxygen atoms in total. The zero-order valence-electron chi connectivity index (χ0n) is 9.65. The fourth-order valence-electron chi connectivity index (χ4n) is 1.21. The molecule has 98 valence electrons. The molecule has 0 aromatic rings. The minimum atomic E-state index is -0.754. The van der Waals surface area contributed by atoms with Crippen molar-refractivity contribution in [2.45, 2.75) is 45.8 Å². The van der Waals surface area contributed by atoms with Crippen LogP contribution < -0.4 is 0 Å². The van der Waals surface area contributed by atoms with Gasteiger partial charge in [-0.3, -0.25) is 20.8 Å². The molecule has 16 heavy (non-hydrogen) atoms. The summed E-state index contributed by atoms with van der Waals surface area (Å²) in [6, 6.07) is 0. The van der Waals surface area contributed by atoms with E-state index in [1.54, 1.807) is 0 Å². The van der Waals surface area contributed by atoms with Crippen LogP contribution in [-0.4, -0.2) is 43.8 Å². The van der Waals surface area contributed by atoms with Crippen LogP contribution >= 0.6 is 0 Å². The third-order valence-electron chi connectivity index (χ3n) is 2.04. The Kier molecular flexibility index (Phi) is 7.72. The lowest BCUT2D eigenvalue weighted by atomic mass is 10.0. The predicted molar refractivity (Wildman–Crippen MR) is 50.3 cm³/mol. The predicted octanol–water partition coefficient (Wildman–Crippen LogP) is 1.20. The molecule has 0 aliphatic heterocycles. The highest BCUT2D eigenvalue weighted by Crippen LogP contribution is 2.15. The molecule has 0 amide bonds. The van der Waals surface area contributed by atoms with E-state index < -0.39 is 23.0 Å². The molecule has 0 aromatic heterocycles. The Morgan fingerprint density at radius 1 is 0.875 bits per heavy atom. The molecule has 2 atom stereocenters. The molecular weight excluding hydrogens is 220 g/mol. The second-order valence-corrected chi connectivity index (χ2v) is 3.93. The highest BCUT2D eigenvalue weighted by Gasteiger charge is 2.23. The topological polar surface area (TPSA) is 106 Å². The van der Waals surface area contributed by atoms with Gasteiger partial charge >= 0.3 is 0 Å². The van der Waals surface area contributed by atoms with Crippen LogP contribution in [-0.2, 0) is 9.68 Å². The van der Waals surface area contributed by atoms with Crippen molar-refractivity contribution in [3.8, 4) is 0 Å². The first-order chi connectivity index (χ1) is 7.32. The van der Waals surface area contributed by atoms with E-state index in [4.69, 9.17) is 20.8 Å². The van der Waals surface area contributed by atoms with E-state index in [2.05, 4.69) is 9.68 Å². The summed E-state index contributed by atoms with van der Waals surface area (Å²) in [6.45, 7) is 5.51. The molecule has 0 unspecified atom stereocenters. The maximum absolute atomic E-state index is 8.54. The lowest BCUT2D eigenvalue weighted by Gasteiger charge is -2.25. The second kappa shape index (κ2) is 7.87. The number of hydrogen-bond donors (Lipinski definition) is 4. The molecule has 0 heterocycles. The van der Waals surface area contributed by atoms with Gasteiger partial charge in [0.15, 0.2) is 0 Å². The fourth-order valence-corrected chi connectivity index (χ4v) is 1.21. The van der Waals surface area contributed by atoms with Crippen molar-refractivity contribution in [1.29, 1.82) is 0 Å². The van der Waals surface area contributed by atoms with Gasteiger partial charge in [0.2, 0.25) is 0 Å². The summed E-state index contributed by atoms with van der Waals surface area (Å²) in [5, 5.41) is 33.2. The van der Waals surface area contributed by atoms with Crippen LogP contribution in [0.25, 0.3) is 0 Å². The van der Waals surface area contributed by atoms with Crippen molar-refractivity contribution in [1.82, 2.24) is 10.8 Å². The van der Waals surface area contributed by atoms with Gasteiger partial charge in [-0.2, -0.15) is 0 Å². The molecular formula is C8H20N2O6. The number of hydrogen-bond acceptors (Lipinski definition) is 8. The van der Waals surface area contributed by atoms with Crippen LogP contribution in [0.5, 0.6) is 0 Å². The zero-order chi connectivity index (χ0) is 12.7. The maximum atomic E-state index is 8.54. The summed E-state index contributed by atoms with van der Waals surface area (Å²) >= 11 is 0. The van der Waals surface area contributed by atoms with Crippen molar-refractivity contribution in [3.63, 3.8) is 0 Å². The average Bonchev–Trinajstić information content (AvgIpc) is 2.09. The van der Waals surface area contributed by atoms with Crippen molar-refractivity contribution in [3.05, 3.63) is 0 Å². The second-order valence-electron chi connectivity index (χ2n) is 3.93. The Hall–Kier alpha value is -0.320. The van der Waals surface area contributed by atoms with Crippen molar-refractivity contribution in [2.24, 2.45) is 5.92 Å². The van der Waals surface area contributed by atoms with E-state index in [1.165, 1.54) is 6.92 Å². The van der Waals surface area contributed by atoms with Crippen LogP contribution in [0.4, 0.5) is 0 Å². The molecule has 0 rings (SSSR count). The van der Waals surface area contributed by atoms with Gasteiger partial charge in [0.25, 0.3) is 0 Å². The summed E-state index contributed by atoms with van der Waals surface area (Å²) in [5.74, 6) is 0.406. The SMILES string of the molecule is CC(C)CC[C@@H](ON(O)O)[C@@H](C)ON(O)O. The molecule has 0 fully saturated rings. The van der Waals surface area contributed by atoms with Crippen LogP contribution in [0.15, 0.2) is 0 Å². The zero-order valence-corrected chi connectivity index (χ0v) is 9.65. The highest BCUT2D eigenvalue weighted by atomic mass is 17.1. The van der Waals surface area contributed by atoms with Gasteiger partial charge in [0.05, 0.1) is 10.8 Å². The lowest BCUT2D eigenvalue weighted by molar-refractivity contribution is -0.537. The van der Waals surface area contributed by atoms with E-state index in [0.717, 1.165) is 6.42 Å². The first-order valence-corrected chi connectivity index (χ1v) is 5.02. The van der Waals surface area contributed by atoms with E-state index in [-0.39, 0.29) is 0 Å².